The van der Waals surface area contributed by atoms with Crippen LogP contribution in [0.5, 0.6) is 5.75 Å². The first-order valence-electron chi connectivity index (χ1n) is 8.22. The lowest BCUT2D eigenvalue weighted by atomic mass is 10.1. The van der Waals surface area contributed by atoms with Crippen molar-refractivity contribution < 1.29 is 23.8 Å². The van der Waals surface area contributed by atoms with Gasteiger partial charge in [-0.2, -0.15) is 0 Å². The van der Waals surface area contributed by atoms with Crippen molar-refractivity contribution in [1.82, 2.24) is 0 Å². The topological polar surface area (TPSA) is 67.8 Å². The molecule has 0 spiro atoms. The monoisotopic (exact) mass is 345 g/mol. The van der Waals surface area contributed by atoms with Crippen LogP contribution in [0.1, 0.15) is 28.8 Å². The van der Waals surface area contributed by atoms with E-state index in [0.717, 1.165) is 18.4 Å². The average molecular weight is 345 g/mol. The highest BCUT2D eigenvalue weighted by atomic mass is 19.1. The summed E-state index contributed by atoms with van der Waals surface area (Å²) in [7, 11) is 0. The van der Waals surface area contributed by atoms with Gasteiger partial charge in [0, 0.05) is 25.5 Å². The summed E-state index contributed by atoms with van der Waals surface area (Å²) in [5, 5.41) is 12.3. The number of nitrogens with one attached hydrogen (secondary N) is 1. The molecule has 2 N–H and O–H groups in total. The Morgan fingerprint density at radius 3 is 2.80 bits per heavy atom. The fourth-order valence-corrected chi connectivity index (χ4v) is 2.72. The van der Waals surface area contributed by atoms with E-state index >= 15 is 0 Å². The Kier molecular flexibility index (Phi) is 5.50. The third kappa shape index (κ3) is 4.70. The van der Waals surface area contributed by atoms with Gasteiger partial charge < -0.3 is 19.9 Å². The molecule has 0 unspecified atom stereocenters. The van der Waals surface area contributed by atoms with Crippen LogP contribution in [0.2, 0.25) is 0 Å². The van der Waals surface area contributed by atoms with Gasteiger partial charge in [0.1, 0.15) is 17.7 Å². The summed E-state index contributed by atoms with van der Waals surface area (Å²) >= 11 is 0. The normalized spacial score (nSPS) is 14.9. The number of halogens is 1. The average Bonchev–Trinajstić information content (AvgIpc) is 2.62. The van der Waals surface area contributed by atoms with E-state index in [-0.39, 0.29) is 17.5 Å². The molecule has 6 heteroatoms. The summed E-state index contributed by atoms with van der Waals surface area (Å²) in [5.41, 5.74) is 1.73. The second kappa shape index (κ2) is 7.98. The molecule has 0 radical (unpaired) electrons. The van der Waals surface area contributed by atoms with Crippen molar-refractivity contribution in [2.75, 3.05) is 18.5 Å². The summed E-state index contributed by atoms with van der Waals surface area (Å²) in [5.74, 6) is -0.867. The first-order valence-corrected chi connectivity index (χ1v) is 8.22. The fraction of sp³-hybridized carbons (Fsp3) is 0.316. The van der Waals surface area contributed by atoms with Gasteiger partial charge in [-0.05, 0) is 29.8 Å². The van der Waals surface area contributed by atoms with Crippen molar-refractivity contribution in [2.24, 2.45) is 0 Å². The quantitative estimate of drug-likeness (QED) is 0.836. The van der Waals surface area contributed by atoms with Crippen LogP contribution in [0.15, 0.2) is 42.5 Å². The SMILES string of the molecule is O=C(O)c1cccc(CNc2ccc(F)cc2OC2CCOCC2)c1. The molecule has 25 heavy (non-hydrogen) atoms. The lowest BCUT2D eigenvalue weighted by Gasteiger charge is -2.24. The zero-order chi connectivity index (χ0) is 17.6. The highest BCUT2D eigenvalue weighted by Crippen LogP contribution is 2.29. The minimum Gasteiger partial charge on any atom is -0.488 e. The molecule has 3 rings (SSSR count). The summed E-state index contributed by atoms with van der Waals surface area (Å²) in [4.78, 5) is 11.0. The van der Waals surface area contributed by atoms with Gasteiger partial charge in [0.25, 0.3) is 0 Å². The number of benzene rings is 2. The molecule has 0 saturated carbocycles. The van der Waals surface area contributed by atoms with E-state index in [1.54, 1.807) is 24.3 Å². The maximum atomic E-state index is 13.6. The maximum Gasteiger partial charge on any atom is 0.335 e. The van der Waals surface area contributed by atoms with E-state index in [4.69, 9.17) is 14.6 Å². The van der Waals surface area contributed by atoms with E-state index in [2.05, 4.69) is 5.32 Å². The molecular weight excluding hydrogens is 325 g/mol. The van der Waals surface area contributed by atoms with Gasteiger partial charge in [-0.1, -0.05) is 12.1 Å². The minimum atomic E-state index is -0.966. The summed E-state index contributed by atoms with van der Waals surface area (Å²) in [6, 6.07) is 11.1. The standard InChI is InChI=1S/C19H20FNO4/c20-15-4-5-17(18(11-15)25-16-6-8-24-9-7-16)21-12-13-2-1-3-14(10-13)19(22)23/h1-5,10-11,16,21H,6-9,12H2,(H,22,23). The Morgan fingerprint density at radius 1 is 1.24 bits per heavy atom. The zero-order valence-corrected chi connectivity index (χ0v) is 13.7. The third-order valence-electron chi connectivity index (χ3n) is 4.06. The van der Waals surface area contributed by atoms with Gasteiger partial charge >= 0.3 is 5.97 Å². The Labute approximate surface area is 145 Å². The summed E-state index contributed by atoms with van der Waals surface area (Å²) in [6.07, 6.45) is 1.55. The highest BCUT2D eigenvalue weighted by molar-refractivity contribution is 5.87. The van der Waals surface area contributed by atoms with Crippen LogP contribution in [0.25, 0.3) is 0 Å². The van der Waals surface area contributed by atoms with E-state index in [1.165, 1.54) is 12.1 Å². The molecule has 1 aliphatic rings. The Hall–Kier alpha value is -2.60. The van der Waals surface area contributed by atoms with Crippen LogP contribution in [-0.2, 0) is 11.3 Å². The lowest BCUT2D eigenvalue weighted by Crippen LogP contribution is -2.26. The van der Waals surface area contributed by atoms with Crippen LogP contribution in [0.3, 0.4) is 0 Å². The van der Waals surface area contributed by atoms with Crippen molar-refractivity contribution in [1.29, 1.82) is 0 Å². The molecule has 5 nitrogen and oxygen atoms in total. The van der Waals surface area contributed by atoms with Crippen molar-refractivity contribution in [3.8, 4) is 5.75 Å². The smallest absolute Gasteiger partial charge is 0.335 e. The molecule has 1 heterocycles. The Balaban J connectivity index is 1.71. The lowest BCUT2D eigenvalue weighted by molar-refractivity contribution is 0.0257. The first-order chi connectivity index (χ1) is 12.1. The molecule has 1 saturated heterocycles. The van der Waals surface area contributed by atoms with Gasteiger partial charge in [0.15, 0.2) is 0 Å². The molecule has 1 aliphatic heterocycles. The van der Waals surface area contributed by atoms with Crippen molar-refractivity contribution in [3.63, 3.8) is 0 Å². The molecule has 0 atom stereocenters. The number of carbonyl (C=O) groups is 1. The van der Waals surface area contributed by atoms with E-state index < -0.39 is 5.97 Å². The van der Waals surface area contributed by atoms with Gasteiger partial charge in [0.05, 0.1) is 24.5 Å². The summed E-state index contributed by atoms with van der Waals surface area (Å²) < 4.78 is 24.9. The maximum absolute atomic E-state index is 13.6. The van der Waals surface area contributed by atoms with E-state index in [0.29, 0.717) is 31.2 Å². The predicted molar refractivity (Wildman–Crippen MR) is 91.6 cm³/mol. The van der Waals surface area contributed by atoms with Crippen LogP contribution in [0, 0.1) is 5.82 Å². The van der Waals surface area contributed by atoms with Crippen LogP contribution >= 0.6 is 0 Å². The third-order valence-corrected chi connectivity index (χ3v) is 4.06. The second-order valence-corrected chi connectivity index (χ2v) is 5.93. The van der Waals surface area contributed by atoms with Gasteiger partial charge in [-0.3, -0.25) is 0 Å². The zero-order valence-electron chi connectivity index (χ0n) is 13.7. The number of carboxylic acids is 1. The number of carboxylic acid groups (broad SMARTS) is 1. The molecule has 2 aromatic rings. The molecule has 1 fully saturated rings. The number of aromatic carboxylic acids is 1. The number of hydrogen-bond donors (Lipinski definition) is 2. The number of anilines is 1. The molecule has 0 aliphatic carbocycles. The highest BCUT2D eigenvalue weighted by Gasteiger charge is 2.17. The molecule has 2 aromatic carbocycles. The van der Waals surface area contributed by atoms with Crippen molar-refractivity contribution in [3.05, 3.63) is 59.4 Å². The fourth-order valence-electron chi connectivity index (χ4n) is 2.72. The predicted octanol–water partition coefficient (Wildman–Crippen LogP) is 3.69. The largest absolute Gasteiger partial charge is 0.488 e. The second-order valence-electron chi connectivity index (χ2n) is 5.93. The van der Waals surface area contributed by atoms with Crippen LogP contribution in [0.4, 0.5) is 10.1 Å². The first kappa shape index (κ1) is 17.2. The number of ether oxygens (including phenoxy) is 2. The number of rotatable bonds is 6. The van der Waals surface area contributed by atoms with Gasteiger partial charge in [-0.15, -0.1) is 0 Å². The van der Waals surface area contributed by atoms with E-state index in [9.17, 15) is 9.18 Å². The van der Waals surface area contributed by atoms with Crippen molar-refractivity contribution >= 4 is 11.7 Å². The molecule has 0 bridgehead atoms. The van der Waals surface area contributed by atoms with E-state index in [1.807, 2.05) is 6.07 Å². The van der Waals surface area contributed by atoms with Crippen LogP contribution < -0.4 is 10.1 Å². The minimum absolute atomic E-state index is 0.00596. The molecule has 0 aromatic heterocycles. The Bertz CT molecular complexity index is 744. The van der Waals surface area contributed by atoms with Crippen molar-refractivity contribution in [2.45, 2.75) is 25.5 Å². The summed E-state index contributed by atoms with van der Waals surface area (Å²) in [6.45, 7) is 1.70. The Morgan fingerprint density at radius 2 is 2.04 bits per heavy atom. The molecular formula is C19H20FNO4. The van der Waals surface area contributed by atoms with Gasteiger partial charge in [0.2, 0.25) is 0 Å². The van der Waals surface area contributed by atoms with Crippen LogP contribution in [-0.4, -0.2) is 30.4 Å². The molecule has 0 amide bonds. The number of hydrogen-bond acceptors (Lipinski definition) is 4. The molecule has 132 valence electrons. The van der Waals surface area contributed by atoms with Gasteiger partial charge in [-0.25, -0.2) is 9.18 Å².